The summed E-state index contributed by atoms with van der Waals surface area (Å²) < 4.78 is 11.6. The molecule has 3 atom stereocenters. The molecule has 0 aromatic heterocycles. The van der Waals surface area contributed by atoms with Crippen molar-refractivity contribution < 1.29 is 29.0 Å². The molecule has 1 aromatic carbocycles. The Balaban J connectivity index is 1.50. The molecule has 0 saturated carbocycles. The number of urea groups is 1. The summed E-state index contributed by atoms with van der Waals surface area (Å²) in [6, 6.07) is 5.52. The van der Waals surface area contributed by atoms with Gasteiger partial charge in [-0.1, -0.05) is 37.1 Å². The number of fused-ring (bicyclic) bond motifs is 2. The maximum atomic E-state index is 13.9. The van der Waals surface area contributed by atoms with Crippen LogP contribution in [-0.2, 0) is 14.3 Å². The van der Waals surface area contributed by atoms with E-state index >= 15 is 0 Å². The number of carboxylic acid groups (broad SMARTS) is 1. The van der Waals surface area contributed by atoms with E-state index in [1.54, 1.807) is 19.1 Å². The van der Waals surface area contributed by atoms with Crippen LogP contribution in [0.5, 0.6) is 0 Å². The lowest BCUT2D eigenvalue weighted by Crippen LogP contribution is -2.56. The molecule has 3 heterocycles. The van der Waals surface area contributed by atoms with E-state index in [1.165, 1.54) is 4.90 Å². The lowest BCUT2D eigenvalue weighted by molar-refractivity contribution is -0.138. The van der Waals surface area contributed by atoms with Crippen molar-refractivity contribution in [1.82, 2.24) is 14.7 Å². The van der Waals surface area contributed by atoms with Crippen LogP contribution in [0.1, 0.15) is 48.2 Å². The van der Waals surface area contributed by atoms with Crippen LogP contribution >= 0.6 is 0 Å². The molecular weight excluding hydrogens is 510 g/mol. The van der Waals surface area contributed by atoms with Crippen LogP contribution in [0.2, 0.25) is 0 Å². The van der Waals surface area contributed by atoms with Gasteiger partial charge in [0.2, 0.25) is 0 Å². The van der Waals surface area contributed by atoms with Crippen molar-refractivity contribution >= 4 is 17.9 Å². The highest BCUT2D eigenvalue weighted by molar-refractivity contribution is 5.95. The van der Waals surface area contributed by atoms with Gasteiger partial charge < -0.3 is 24.4 Å². The maximum Gasteiger partial charge on any atom is 0.325 e. The van der Waals surface area contributed by atoms with Crippen LogP contribution in [0.15, 0.2) is 53.0 Å². The van der Waals surface area contributed by atoms with Crippen molar-refractivity contribution in [3.05, 3.63) is 69.6 Å². The molecule has 214 valence electrons. The second kappa shape index (κ2) is 10.4. The van der Waals surface area contributed by atoms with Crippen molar-refractivity contribution in [1.29, 1.82) is 0 Å². The number of carbonyl (C=O) groups is 3. The zero-order valence-electron chi connectivity index (χ0n) is 24.2. The molecule has 9 heteroatoms. The molecule has 3 aliphatic heterocycles. The molecule has 0 bridgehead atoms. The predicted molar refractivity (Wildman–Crippen MR) is 150 cm³/mol. The Morgan fingerprint density at radius 3 is 2.30 bits per heavy atom. The molecule has 2 saturated heterocycles. The summed E-state index contributed by atoms with van der Waals surface area (Å²) in [5, 5.41) is 9.79. The van der Waals surface area contributed by atoms with Crippen LogP contribution in [0.3, 0.4) is 0 Å². The number of allylic oxidation sites excluding steroid dienone is 1. The van der Waals surface area contributed by atoms with Crippen molar-refractivity contribution in [2.45, 2.75) is 52.2 Å². The molecule has 0 radical (unpaired) electrons. The lowest BCUT2D eigenvalue weighted by atomic mass is 9.78. The standard InChI is InChI=1S/C31H39N3O6/c1-18-11-19(2)13-22(12-18)29(37)32-9-7-31(8-10-32)25-14-20(3)27-23(15-24(39-5)21(4)28(27)40-6)16-33(25)30(38)34(31)17-26(35)36/h11-15,20-21,28H,7-10,16-17H2,1-6H3,(H,35,36)/t20-,21?,28?/m0/s1. The van der Waals surface area contributed by atoms with Crippen molar-refractivity contribution in [2.75, 3.05) is 40.4 Å². The van der Waals surface area contributed by atoms with Gasteiger partial charge in [-0.05, 0) is 56.0 Å². The van der Waals surface area contributed by atoms with Crippen LogP contribution in [0.25, 0.3) is 0 Å². The summed E-state index contributed by atoms with van der Waals surface area (Å²) in [5.74, 6) is -0.317. The summed E-state index contributed by atoms with van der Waals surface area (Å²) in [7, 11) is 3.34. The highest BCUT2D eigenvalue weighted by Gasteiger charge is 2.56. The minimum atomic E-state index is -1.06. The number of benzene rings is 1. The zero-order valence-corrected chi connectivity index (χ0v) is 24.2. The van der Waals surface area contributed by atoms with Crippen LogP contribution in [-0.4, -0.2) is 89.8 Å². The molecule has 9 nitrogen and oxygen atoms in total. The number of hydrogen-bond acceptors (Lipinski definition) is 5. The highest BCUT2D eigenvalue weighted by Crippen LogP contribution is 2.48. The Morgan fingerprint density at radius 2 is 1.73 bits per heavy atom. The average Bonchev–Trinajstić information content (AvgIpc) is 3.01. The van der Waals surface area contributed by atoms with Crippen molar-refractivity contribution in [3.8, 4) is 0 Å². The Hall–Kier alpha value is -3.59. The van der Waals surface area contributed by atoms with Crippen LogP contribution < -0.4 is 0 Å². The number of methoxy groups -OCH3 is 2. The first-order valence-electron chi connectivity index (χ1n) is 13.9. The largest absolute Gasteiger partial charge is 0.501 e. The van der Waals surface area contributed by atoms with Gasteiger partial charge in [0, 0.05) is 43.3 Å². The minimum Gasteiger partial charge on any atom is -0.501 e. The average molecular weight is 550 g/mol. The summed E-state index contributed by atoms with van der Waals surface area (Å²) in [5.41, 5.74) is 4.82. The highest BCUT2D eigenvalue weighted by atomic mass is 16.5. The first-order valence-corrected chi connectivity index (χ1v) is 13.9. The molecule has 4 aliphatic rings. The van der Waals surface area contributed by atoms with Crippen LogP contribution in [0.4, 0.5) is 4.79 Å². The Labute approximate surface area is 235 Å². The second-order valence-corrected chi connectivity index (χ2v) is 11.6. The number of carbonyl (C=O) groups excluding carboxylic acids is 2. The topological polar surface area (TPSA) is 99.6 Å². The van der Waals surface area contributed by atoms with E-state index in [2.05, 4.69) is 19.9 Å². The summed E-state index contributed by atoms with van der Waals surface area (Å²) in [6.07, 6.45) is 4.86. The van der Waals surface area contributed by atoms with Gasteiger partial charge in [0.05, 0.1) is 25.3 Å². The summed E-state index contributed by atoms with van der Waals surface area (Å²) >= 11 is 0. The third-order valence-corrected chi connectivity index (χ3v) is 9.00. The van der Waals surface area contributed by atoms with E-state index in [4.69, 9.17) is 9.47 Å². The number of aliphatic carboxylic acids is 1. The van der Waals surface area contributed by atoms with Gasteiger partial charge in [0.25, 0.3) is 5.91 Å². The molecule has 2 unspecified atom stereocenters. The van der Waals surface area contributed by atoms with E-state index in [0.29, 0.717) is 38.0 Å². The van der Waals surface area contributed by atoms with E-state index in [0.717, 1.165) is 33.7 Å². The van der Waals surface area contributed by atoms with Crippen molar-refractivity contribution in [2.24, 2.45) is 11.8 Å². The second-order valence-electron chi connectivity index (χ2n) is 11.6. The number of amides is 3. The molecule has 40 heavy (non-hydrogen) atoms. The van der Waals surface area contributed by atoms with Crippen LogP contribution in [0, 0.1) is 25.7 Å². The lowest BCUT2D eigenvalue weighted by Gasteiger charge is -2.44. The Morgan fingerprint density at radius 1 is 1.07 bits per heavy atom. The smallest absolute Gasteiger partial charge is 0.325 e. The number of ether oxygens (including phenoxy) is 2. The first-order chi connectivity index (χ1) is 19.0. The molecule has 1 aromatic rings. The van der Waals surface area contributed by atoms with Crippen molar-refractivity contribution in [3.63, 3.8) is 0 Å². The third-order valence-electron chi connectivity index (χ3n) is 9.00. The van der Waals surface area contributed by atoms with E-state index < -0.39 is 18.1 Å². The summed E-state index contributed by atoms with van der Waals surface area (Å²) in [4.78, 5) is 44.4. The van der Waals surface area contributed by atoms with Gasteiger partial charge in [-0.25, -0.2) is 4.79 Å². The molecule has 1 N–H and O–H groups in total. The number of rotatable bonds is 5. The zero-order chi connectivity index (χ0) is 28.9. The van der Waals surface area contributed by atoms with E-state index in [9.17, 15) is 19.5 Å². The Kier molecular flexibility index (Phi) is 7.29. The molecule has 1 aliphatic carbocycles. The molecule has 1 spiro atoms. The quantitative estimate of drug-likeness (QED) is 0.593. The van der Waals surface area contributed by atoms with E-state index in [1.807, 2.05) is 43.0 Å². The molecule has 5 rings (SSSR count). The molecule has 2 fully saturated rings. The van der Waals surface area contributed by atoms with Gasteiger partial charge in [0.1, 0.15) is 12.3 Å². The number of nitrogens with zero attached hydrogens (tertiary/aromatic N) is 3. The fourth-order valence-electron chi connectivity index (χ4n) is 7.21. The first kappa shape index (κ1) is 28.0. The SMILES string of the molecule is COC1=CC2=C(C(OC)C1C)[C@@H](C)C=C1N(C2)C(=O)N(CC(=O)O)C12CCN(C(=O)c1cc(C)cc(C)c1)CC2. The number of likely N-dealkylation sites (tertiary alicyclic amines) is 1. The van der Waals surface area contributed by atoms with E-state index in [-0.39, 0.29) is 29.9 Å². The predicted octanol–water partition coefficient (Wildman–Crippen LogP) is 4.13. The fourth-order valence-corrected chi connectivity index (χ4v) is 7.21. The van der Waals surface area contributed by atoms with Gasteiger partial charge in [-0.2, -0.15) is 0 Å². The maximum absolute atomic E-state index is 13.9. The normalized spacial score (nSPS) is 25.8. The monoisotopic (exact) mass is 549 g/mol. The number of hydrogen-bond donors (Lipinski definition) is 1. The molecular formula is C31H39N3O6. The number of carboxylic acids is 1. The van der Waals surface area contributed by atoms with Gasteiger partial charge >= 0.3 is 12.0 Å². The number of aryl methyl sites for hydroxylation is 2. The summed E-state index contributed by atoms with van der Waals surface area (Å²) in [6.45, 7) is 8.90. The van der Waals surface area contributed by atoms with Gasteiger partial charge in [-0.15, -0.1) is 0 Å². The van der Waals surface area contributed by atoms with Gasteiger partial charge in [0.15, 0.2) is 0 Å². The number of piperidine rings is 1. The Bertz CT molecular complexity index is 1320. The fraction of sp³-hybridized carbons (Fsp3) is 0.516. The molecule has 3 amide bonds. The minimum absolute atomic E-state index is 0.0234. The van der Waals surface area contributed by atoms with Gasteiger partial charge in [-0.3, -0.25) is 14.5 Å². The third kappa shape index (κ3) is 4.50.